The molecule has 0 saturated heterocycles. The molecule has 2 rings (SSSR count). The third-order valence-electron chi connectivity index (χ3n) is 1.96. The number of nitrogens with one attached hydrogen (secondary N) is 2. The number of nitrogens with zero attached hydrogens (tertiary/aromatic N) is 4. The van der Waals surface area contributed by atoms with Crippen molar-refractivity contribution in [1.82, 2.24) is 20.6 Å². The highest BCUT2D eigenvalue weighted by Gasteiger charge is 2.03. The van der Waals surface area contributed by atoms with Crippen LogP contribution < -0.4 is 5.43 Å². The Morgan fingerprint density at radius 2 is 2.25 bits per heavy atom. The molecule has 2 aromatic rings. The molecule has 0 unspecified atom stereocenters. The van der Waals surface area contributed by atoms with Gasteiger partial charge in [0.15, 0.2) is 0 Å². The minimum absolute atomic E-state index is 0.179. The van der Waals surface area contributed by atoms with Crippen LogP contribution in [0, 0.1) is 0 Å². The Kier molecular flexibility index (Phi) is 2.77. The molecule has 1 aromatic heterocycles. The van der Waals surface area contributed by atoms with Crippen LogP contribution in [0.1, 0.15) is 12.5 Å². The van der Waals surface area contributed by atoms with Gasteiger partial charge in [0.05, 0.1) is 5.71 Å². The predicted molar refractivity (Wildman–Crippen MR) is 58.1 cm³/mol. The summed E-state index contributed by atoms with van der Waals surface area (Å²) in [6.07, 6.45) is 0. The zero-order chi connectivity index (χ0) is 11.4. The van der Waals surface area contributed by atoms with Crippen LogP contribution >= 0.6 is 0 Å². The lowest BCUT2D eigenvalue weighted by atomic mass is 10.1. The highest BCUT2D eigenvalue weighted by Crippen LogP contribution is 2.16. The van der Waals surface area contributed by atoms with E-state index < -0.39 is 0 Å². The maximum Gasteiger partial charge on any atom is 0.283 e. The molecule has 0 bridgehead atoms. The fourth-order valence-electron chi connectivity index (χ4n) is 1.18. The molecule has 0 aliphatic rings. The van der Waals surface area contributed by atoms with Gasteiger partial charge >= 0.3 is 0 Å². The molecular formula is C9H10N6O. The molecular weight excluding hydrogens is 208 g/mol. The zero-order valence-corrected chi connectivity index (χ0v) is 8.55. The number of hydrogen-bond donors (Lipinski definition) is 3. The molecule has 3 N–H and O–H groups in total. The van der Waals surface area contributed by atoms with Crippen molar-refractivity contribution >= 4 is 11.7 Å². The van der Waals surface area contributed by atoms with Crippen LogP contribution in [-0.2, 0) is 0 Å². The summed E-state index contributed by atoms with van der Waals surface area (Å²) in [5, 5.41) is 26.6. The van der Waals surface area contributed by atoms with Crippen molar-refractivity contribution in [2.45, 2.75) is 6.92 Å². The van der Waals surface area contributed by atoms with Crippen LogP contribution in [0.5, 0.6) is 5.75 Å². The van der Waals surface area contributed by atoms with Crippen molar-refractivity contribution in [2.75, 3.05) is 5.43 Å². The van der Waals surface area contributed by atoms with Crippen molar-refractivity contribution in [3.63, 3.8) is 0 Å². The van der Waals surface area contributed by atoms with Crippen LogP contribution in [0.3, 0.4) is 0 Å². The van der Waals surface area contributed by atoms with Gasteiger partial charge in [-0.2, -0.15) is 10.3 Å². The second kappa shape index (κ2) is 4.39. The minimum Gasteiger partial charge on any atom is -0.507 e. The van der Waals surface area contributed by atoms with E-state index in [1.54, 1.807) is 25.1 Å². The molecule has 82 valence electrons. The van der Waals surface area contributed by atoms with Crippen molar-refractivity contribution in [1.29, 1.82) is 0 Å². The van der Waals surface area contributed by atoms with Crippen LogP contribution in [-0.4, -0.2) is 31.4 Å². The standard InChI is InChI=1S/C9H10N6O/c1-6(7-4-2-3-5-8(7)16)10-11-9-12-14-15-13-9/h2-5,16H,1H3,(H2,11,12,13,14,15)/b10-6-. The monoisotopic (exact) mass is 218 g/mol. The van der Waals surface area contributed by atoms with Gasteiger partial charge in [0, 0.05) is 5.56 Å². The normalized spacial score (nSPS) is 11.4. The number of anilines is 1. The van der Waals surface area contributed by atoms with Gasteiger partial charge in [0.1, 0.15) is 5.75 Å². The Morgan fingerprint density at radius 3 is 2.94 bits per heavy atom. The number of aromatic amines is 1. The summed E-state index contributed by atoms with van der Waals surface area (Å²) in [6, 6.07) is 6.94. The topological polar surface area (TPSA) is 99.1 Å². The van der Waals surface area contributed by atoms with Gasteiger partial charge in [0.2, 0.25) is 0 Å². The van der Waals surface area contributed by atoms with Crippen molar-refractivity contribution in [2.24, 2.45) is 5.10 Å². The van der Waals surface area contributed by atoms with Crippen molar-refractivity contribution in [3.8, 4) is 5.75 Å². The van der Waals surface area contributed by atoms with Crippen LogP contribution in [0.2, 0.25) is 0 Å². The molecule has 0 aliphatic heterocycles. The highest BCUT2D eigenvalue weighted by molar-refractivity contribution is 6.01. The second-order valence-corrected chi connectivity index (χ2v) is 3.06. The Hall–Kier alpha value is -2.44. The van der Waals surface area contributed by atoms with E-state index in [9.17, 15) is 5.11 Å². The number of para-hydroxylation sites is 1. The molecule has 1 heterocycles. The number of phenols is 1. The molecule has 0 fully saturated rings. The average molecular weight is 218 g/mol. The lowest BCUT2D eigenvalue weighted by Gasteiger charge is -2.02. The Balaban J connectivity index is 2.16. The van der Waals surface area contributed by atoms with Gasteiger partial charge in [0.25, 0.3) is 5.95 Å². The Labute approximate surface area is 91.2 Å². The first-order valence-corrected chi connectivity index (χ1v) is 4.59. The van der Waals surface area contributed by atoms with Gasteiger partial charge in [-0.1, -0.05) is 17.2 Å². The van der Waals surface area contributed by atoms with Gasteiger partial charge < -0.3 is 5.11 Å². The number of hydrazone groups is 1. The van der Waals surface area contributed by atoms with Crippen LogP contribution in [0.4, 0.5) is 5.95 Å². The Bertz CT molecular complexity index is 492. The van der Waals surface area contributed by atoms with Crippen molar-refractivity contribution < 1.29 is 5.11 Å². The summed E-state index contributed by atoms with van der Waals surface area (Å²) < 4.78 is 0. The van der Waals surface area contributed by atoms with Gasteiger partial charge in [-0.25, -0.2) is 5.43 Å². The summed E-state index contributed by atoms with van der Waals surface area (Å²) in [7, 11) is 0. The van der Waals surface area contributed by atoms with Crippen LogP contribution in [0.25, 0.3) is 0 Å². The minimum atomic E-state index is 0.179. The molecule has 0 aliphatic carbocycles. The number of hydrogen-bond acceptors (Lipinski definition) is 6. The molecule has 0 spiro atoms. The van der Waals surface area contributed by atoms with Gasteiger partial charge in [-0.3, -0.25) is 0 Å². The van der Waals surface area contributed by atoms with E-state index >= 15 is 0 Å². The summed E-state index contributed by atoms with van der Waals surface area (Å²) in [5.74, 6) is 0.452. The third kappa shape index (κ3) is 2.14. The molecule has 0 atom stereocenters. The quantitative estimate of drug-likeness (QED) is 0.521. The number of phenolic OH excluding ortho intramolecular Hbond substituents is 1. The molecule has 0 radical (unpaired) electrons. The highest BCUT2D eigenvalue weighted by atomic mass is 16.3. The number of aromatic nitrogens is 4. The summed E-state index contributed by atoms with van der Waals surface area (Å²) >= 11 is 0. The summed E-state index contributed by atoms with van der Waals surface area (Å²) in [5.41, 5.74) is 3.89. The maximum absolute atomic E-state index is 9.58. The van der Waals surface area contributed by atoms with E-state index in [1.165, 1.54) is 0 Å². The number of rotatable bonds is 3. The third-order valence-corrected chi connectivity index (χ3v) is 1.96. The van der Waals surface area contributed by atoms with Gasteiger partial charge in [-0.05, 0) is 24.3 Å². The number of tetrazole rings is 1. The van der Waals surface area contributed by atoms with E-state index in [0.29, 0.717) is 11.3 Å². The molecule has 0 saturated carbocycles. The first kappa shape index (κ1) is 10.1. The van der Waals surface area contributed by atoms with E-state index in [-0.39, 0.29) is 11.7 Å². The molecule has 0 amide bonds. The van der Waals surface area contributed by atoms with Crippen LogP contribution in [0.15, 0.2) is 29.4 Å². The van der Waals surface area contributed by atoms with E-state index in [4.69, 9.17) is 0 Å². The predicted octanol–water partition coefficient (Wildman–Crippen LogP) is 0.741. The first-order valence-electron chi connectivity index (χ1n) is 4.59. The lowest BCUT2D eigenvalue weighted by Crippen LogP contribution is -2.00. The lowest BCUT2D eigenvalue weighted by molar-refractivity contribution is 0.474. The number of aromatic hydroxyl groups is 1. The number of H-pyrrole nitrogens is 1. The van der Waals surface area contributed by atoms with E-state index in [2.05, 4.69) is 31.2 Å². The average Bonchev–Trinajstić information content (AvgIpc) is 2.79. The summed E-state index contributed by atoms with van der Waals surface area (Å²) in [6.45, 7) is 1.77. The first-order chi connectivity index (χ1) is 7.77. The van der Waals surface area contributed by atoms with E-state index in [1.807, 2.05) is 6.07 Å². The fraction of sp³-hybridized carbons (Fsp3) is 0.111. The molecule has 7 nitrogen and oxygen atoms in total. The van der Waals surface area contributed by atoms with Gasteiger partial charge in [-0.15, -0.1) is 5.10 Å². The van der Waals surface area contributed by atoms with Crippen molar-refractivity contribution in [3.05, 3.63) is 29.8 Å². The SMILES string of the molecule is C/C(=N/Nc1nn[nH]n1)c1ccccc1O. The fourth-order valence-corrected chi connectivity index (χ4v) is 1.18. The Morgan fingerprint density at radius 1 is 1.44 bits per heavy atom. The molecule has 1 aromatic carbocycles. The largest absolute Gasteiger partial charge is 0.507 e. The van der Waals surface area contributed by atoms with E-state index in [0.717, 1.165) is 0 Å². The molecule has 7 heteroatoms. The number of benzene rings is 1. The summed E-state index contributed by atoms with van der Waals surface area (Å²) in [4.78, 5) is 0. The smallest absolute Gasteiger partial charge is 0.283 e. The maximum atomic E-state index is 9.58. The second-order valence-electron chi connectivity index (χ2n) is 3.06. The molecule has 16 heavy (non-hydrogen) atoms. The zero-order valence-electron chi connectivity index (χ0n) is 8.55.